The number of rotatable bonds is 3. The summed E-state index contributed by atoms with van der Waals surface area (Å²) >= 11 is 0. The van der Waals surface area contributed by atoms with Gasteiger partial charge >= 0.3 is 0 Å². The normalized spacial score (nSPS) is 12.4. The van der Waals surface area contributed by atoms with Crippen LogP contribution in [0.25, 0.3) is 22.6 Å². The third kappa shape index (κ3) is 2.38. The SMILES string of the molecule is CC(c1ccccc1)n1nnc2c(N)nc(-c3ccccc3)nc21. The van der Waals surface area contributed by atoms with Crippen LogP contribution in [0.15, 0.2) is 60.7 Å². The molecule has 24 heavy (non-hydrogen) atoms. The Labute approximate surface area is 139 Å². The molecule has 0 spiro atoms. The molecule has 0 aliphatic carbocycles. The van der Waals surface area contributed by atoms with E-state index in [4.69, 9.17) is 5.73 Å². The number of anilines is 1. The molecule has 118 valence electrons. The first-order chi connectivity index (χ1) is 11.7. The Morgan fingerprint density at radius 1 is 0.917 bits per heavy atom. The molecule has 4 aromatic rings. The maximum Gasteiger partial charge on any atom is 0.185 e. The van der Waals surface area contributed by atoms with E-state index in [-0.39, 0.29) is 6.04 Å². The molecule has 0 aliphatic rings. The van der Waals surface area contributed by atoms with Crippen LogP contribution in [0.4, 0.5) is 5.82 Å². The van der Waals surface area contributed by atoms with Crippen molar-refractivity contribution >= 4 is 17.0 Å². The summed E-state index contributed by atoms with van der Waals surface area (Å²) in [5.41, 5.74) is 9.28. The van der Waals surface area contributed by atoms with Gasteiger partial charge in [-0.1, -0.05) is 65.9 Å². The van der Waals surface area contributed by atoms with Crippen molar-refractivity contribution in [3.63, 3.8) is 0 Å². The Bertz CT molecular complexity index is 979. The fourth-order valence-electron chi connectivity index (χ4n) is 2.70. The van der Waals surface area contributed by atoms with Crippen LogP contribution in [0.1, 0.15) is 18.5 Å². The largest absolute Gasteiger partial charge is 0.382 e. The molecule has 6 nitrogen and oxygen atoms in total. The van der Waals surface area contributed by atoms with Gasteiger partial charge in [0.05, 0.1) is 6.04 Å². The predicted octanol–water partition coefficient (Wildman–Crippen LogP) is 3.08. The summed E-state index contributed by atoms with van der Waals surface area (Å²) in [7, 11) is 0. The minimum Gasteiger partial charge on any atom is -0.382 e. The van der Waals surface area contributed by atoms with Gasteiger partial charge < -0.3 is 5.73 Å². The molecule has 1 unspecified atom stereocenters. The summed E-state index contributed by atoms with van der Waals surface area (Å²) in [5.74, 6) is 0.912. The summed E-state index contributed by atoms with van der Waals surface area (Å²) in [6.45, 7) is 2.06. The second kappa shape index (κ2) is 5.73. The van der Waals surface area contributed by atoms with Crippen LogP contribution in [0.3, 0.4) is 0 Å². The molecule has 4 rings (SSSR count). The zero-order valence-electron chi connectivity index (χ0n) is 13.2. The molecule has 2 N–H and O–H groups in total. The molecule has 0 aliphatic heterocycles. The molecule has 6 heteroatoms. The molecule has 0 bridgehead atoms. The zero-order valence-corrected chi connectivity index (χ0v) is 13.2. The number of aromatic nitrogens is 5. The number of nitrogens with two attached hydrogens (primary N) is 1. The van der Waals surface area contributed by atoms with Crippen molar-refractivity contribution in [1.82, 2.24) is 25.0 Å². The number of nitrogen functional groups attached to an aromatic ring is 1. The number of hydrogen-bond acceptors (Lipinski definition) is 5. The van der Waals surface area contributed by atoms with Crippen molar-refractivity contribution in [2.45, 2.75) is 13.0 Å². The van der Waals surface area contributed by atoms with Gasteiger partial charge in [0.25, 0.3) is 0 Å². The lowest BCUT2D eigenvalue weighted by atomic mass is 10.1. The van der Waals surface area contributed by atoms with Crippen molar-refractivity contribution < 1.29 is 0 Å². The topological polar surface area (TPSA) is 82.5 Å². The van der Waals surface area contributed by atoms with E-state index in [1.165, 1.54) is 0 Å². The molecule has 0 radical (unpaired) electrons. The van der Waals surface area contributed by atoms with E-state index in [0.717, 1.165) is 11.1 Å². The third-order valence-corrected chi connectivity index (χ3v) is 4.03. The van der Waals surface area contributed by atoms with Gasteiger partial charge in [-0.05, 0) is 12.5 Å². The van der Waals surface area contributed by atoms with Gasteiger partial charge in [0.1, 0.15) is 0 Å². The predicted molar refractivity (Wildman–Crippen MR) is 93.2 cm³/mol. The van der Waals surface area contributed by atoms with Crippen LogP contribution in [0, 0.1) is 0 Å². The highest BCUT2D eigenvalue weighted by Gasteiger charge is 2.18. The molecule has 2 heterocycles. The molecular weight excluding hydrogens is 300 g/mol. The van der Waals surface area contributed by atoms with Gasteiger partial charge in [0.15, 0.2) is 22.8 Å². The Morgan fingerprint density at radius 3 is 2.29 bits per heavy atom. The van der Waals surface area contributed by atoms with Crippen LogP contribution < -0.4 is 5.73 Å². The van der Waals surface area contributed by atoms with Gasteiger partial charge in [-0.3, -0.25) is 0 Å². The van der Waals surface area contributed by atoms with Crippen LogP contribution in [-0.4, -0.2) is 25.0 Å². The quantitative estimate of drug-likeness (QED) is 0.628. The van der Waals surface area contributed by atoms with Gasteiger partial charge in [0, 0.05) is 5.56 Å². The summed E-state index contributed by atoms with van der Waals surface area (Å²) in [6, 6.07) is 19.9. The number of hydrogen-bond donors (Lipinski definition) is 1. The van der Waals surface area contributed by atoms with Crippen LogP contribution >= 0.6 is 0 Å². The van der Waals surface area contributed by atoms with Crippen LogP contribution in [0.2, 0.25) is 0 Å². The van der Waals surface area contributed by atoms with E-state index in [1.54, 1.807) is 4.68 Å². The maximum atomic E-state index is 6.08. The lowest BCUT2D eigenvalue weighted by molar-refractivity contribution is 0.556. The molecule has 2 aromatic carbocycles. The summed E-state index contributed by atoms with van der Waals surface area (Å²) in [5, 5.41) is 8.41. The molecule has 0 amide bonds. The smallest absolute Gasteiger partial charge is 0.185 e. The van der Waals surface area contributed by atoms with Gasteiger partial charge in [0.2, 0.25) is 0 Å². The lowest BCUT2D eigenvalue weighted by Crippen LogP contribution is -2.10. The first-order valence-electron chi connectivity index (χ1n) is 7.73. The van der Waals surface area contributed by atoms with E-state index < -0.39 is 0 Å². The summed E-state index contributed by atoms with van der Waals surface area (Å²) < 4.78 is 1.79. The van der Waals surface area contributed by atoms with Gasteiger partial charge in [-0.15, -0.1) is 5.10 Å². The Balaban J connectivity index is 1.87. The number of fused-ring (bicyclic) bond motifs is 1. The van der Waals surface area contributed by atoms with Crippen molar-refractivity contribution in [2.75, 3.05) is 5.73 Å². The Kier molecular flexibility index (Phi) is 3.42. The van der Waals surface area contributed by atoms with Crippen LogP contribution in [-0.2, 0) is 0 Å². The fourth-order valence-corrected chi connectivity index (χ4v) is 2.70. The fraction of sp³-hybridized carbons (Fsp3) is 0.111. The van der Waals surface area contributed by atoms with Crippen molar-refractivity contribution in [2.24, 2.45) is 0 Å². The van der Waals surface area contributed by atoms with E-state index in [0.29, 0.717) is 22.8 Å². The summed E-state index contributed by atoms with van der Waals surface area (Å²) in [4.78, 5) is 9.03. The second-order valence-corrected chi connectivity index (χ2v) is 5.59. The minimum atomic E-state index is -0.00544. The maximum absolute atomic E-state index is 6.08. The standard InChI is InChI=1S/C18H16N6/c1-12(13-8-4-2-5-9-13)24-18-15(22-23-24)16(19)20-17(21-18)14-10-6-3-7-11-14/h2-12H,1H3,(H2,19,20,21). The lowest BCUT2D eigenvalue weighted by Gasteiger charge is -2.12. The highest BCUT2D eigenvalue weighted by Crippen LogP contribution is 2.25. The average Bonchev–Trinajstić information content (AvgIpc) is 3.07. The zero-order chi connectivity index (χ0) is 16.5. The minimum absolute atomic E-state index is 0.00544. The number of nitrogens with zero attached hydrogens (tertiary/aromatic N) is 5. The van der Waals surface area contributed by atoms with E-state index in [2.05, 4.69) is 39.3 Å². The molecule has 0 saturated heterocycles. The van der Waals surface area contributed by atoms with Gasteiger partial charge in [-0.2, -0.15) is 0 Å². The molecule has 0 saturated carbocycles. The first-order valence-corrected chi connectivity index (χ1v) is 7.73. The average molecular weight is 316 g/mol. The van der Waals surface area contributed by atoms with Crippen molar-refractivity contribution in [1.29, 1.82) is 0 Å². The van der Waals surface area contributed by atoms with E-state index in [9.17, 15) is 0 Å². The van der Waals surface area contributed by atoms with E-state index >= 15 is 0 Å². The molecule has 0 fully saturated rings. The monoisotopic (exact) mass is 316 g/mol. The van der Waals surface area contributed by atoms with Crippen LogP contribution in [0.5, 0.6) is 0 Å². The van der Waals surface area contributed by atoms with Crippen molar-refractivity contribution in [3.8, 4) is 11.4 Å². The Hall–Kier alpha value is -3.28. The second-order valence-electron chi connectivity index (χ2n) is 5.59. The van der Waals surface area contributed by atoms with Crippen molar-refractivity contribution in [3.05, 3.63) is 66.2 Å². The third-order valence-electron chi connectivity index (χ3n) is 4.03. The highest BCUT2D eigenvalue weighted by atomic mass is 15.5. The highest BCUT2D eigenvalue weighted by molar-refractivity contribution is 5.83. The first kappa shape index (κ1) is 14.3. The van der Waals surface area contributed by atoms with E-state index in [1.807, 2.05) is 48.5 Å². The van der Waals surface area contributed by atoms with Gasteiger partial charge in [-0.25, -0.2) is 14.6 Å². The molecule has 2 aromatic heterocycles. The Morgan fingerprint density at radius 2 is 1.58 bits per heavy atom. The summed E-state index contributed by atoms with van der Waals surface area (Å²) in [6.07, 6.45) is 0. The molecular formula is C18H16N6. The number of benzene rings is 2. The molecule has 1 atom stereocenters.